The maximum atomic E-state index is 11.8. The van der Waals surface area contributed by atoms with E-state index >= 15 is 0 Å². The molecule has 0 fully saturated rings. The Morgan fingerprint density at radius 2 is 1.72 bits per heavy atom. The highest BCUT2D eigenvalue weighted by Gasteiger charge is 2.13. The monoisotopic (exact) mass is 271 g/mol. The van der Waals surface area contributed by atoms with E-state index in [4.69, 9.17) is 0 Å². The average molecular weight is 271 g/mol. The van der Waals surface area contributed by atoms with Gasteiger partial charge in [0, 0.05) is 0 Å². The lowest BCUT2D eigenvalue weighted by molar-refractivity contribution is 0.575. The van der Waals surface area contributed by atoms with Gasteiger partial charge in [0.25, 0.3) is 0 Å². The highest BCUT2D eigenvalue weighted by Crippen LogP contribution is 2.25. The molecule has 0 aromatic carbocycles. The molecule has 0 rings (SSSR count). The summed E-state index contributed by atoms with van der Waals surface area (Å²) in [4.78, 5) is 0. The Hall–Kier alpha value is -0.160. The third kappa shape index (κ3) is 12.3. The summed E-state index contributed by atoms with van der Waals surface area (Å²) in [6.45, 7) is 6.69. The highest BCUT2D eigenvalue weighted by atomic mass is 31.1. The fourth-order valence-corrected chi connectivity index (χ4v) is 3.34. The summed E-state index contributed by atoms with van der Waals surface area (Å²) in [6, 6.07) is 0. The first-order chi connectivity index (χ1) is 8.70. The van der Waals surface area contributed by atoms with E-state index in [0.717, 1.165) is 25.2 Å². The topological polar surface area (TPSA) is 17.1 Å². The van der Waals surface area contributed by atoms with Gasteiger partial charge in [-0.25, -0.2) is 0 Å². The molecule has 0 aliphatic heterocycles. The van der Waals surface area contributed by atoms with Crippen LogP contribution in [0.25, 0.3) is 0 Å². The van der Waals surface area contributed by atoms with E-state index in [2.05, 4.69) is 32.9 Å². The molecule has 0 N–H and O–H groups in total. The van der Waals surface area contributed by atoms with E-state index < -0.39 is 7.80 Å². The van der Waals surface area contributed by atoms with Gasteiger partial charge in [0.15, 0.2) is 0 Å². The zero-order valence-electron chi connectivity index (χ0n) is 12.7. The minimum atomic E-state index is -0.918. The summed E-state index contributed by atoms with van der Waals surface area (Å²) in [5, 5.41) is 0. The number of unbranched alkanes of at least 4 members (excludes halogenated alkanes) is 4. The lowest BCUT2D eigenvalue weighted by Crippen LogP contribution is -1.92. The molecule has 0 heterocycles. The lowest BCUT2D eigenvalue weighted by atomic mass is 10.1. The molecule has 2 unspecified atom stereocenters. The zero-order chi connectivity index (χ0) is 13.6. The van der Waals surface area contributed by atoms with Gasteiger partial charge in [0.1, 0.15) is 12.3 Å². The van der Waals surface area contributed by atoms with Crippen molar-refractivity contribution in [2.75, 3.05) is 12.3 Å². The van der Waals surface area contributed by atoms with Crippen molar-refractivity contribution in [3.05, 3.63) is 12.2 Å². The predicted molar refractivity (Wildman–Crippen MR) is 83.9 cm³/mol. The van der Waals surface area contributed by atoms with E-state index in [-0.39, 0.29) is 0 Å². The predicted octanol–water partition coefficient (Wildman–Crippen LogP) is 6.17. The molecule has 0 aromatic heterocycles. The molecular weight excluding hydrogens is 239 g/mol. The van der Waals surface area contributed by atoms with Crippen molar-refractivity contribution >= 4 is 7.80 Å². The highest BCUT2D eigenvalue weighted by molar-refractivity contribution is 7.44. The van der Waals surface area contributed by atoms with Gasteiger partial charge in [-0.05, 0) is 38.0 Å². The summed E-state index contributed by atoms with van der Waals surface area (Å²) in [6.07, 6.45) is 16.2. The van der Waals surface area contributed by atoms with Gasteiger partial charge in [-0.2, -0.15) is 0 Å². The molecule has 2 atom stereocenters. The van der Waals surface area contributed by atoms with Crippen molar-refractivity contribution in [1.29, 1.82) is 0 Å². The van der Waals surface area contributed by atoms with Gasteiger partial charge in [0.2, 0.25) is 0 Å². The number of allylic oxidation sites excluding steroid dienone is 2. The van der Waals surface area contributed by atoms with Gasteiger partial charge in [0.05, 0.1) is 0 Å². The molecule has 0 aliphatic rings. The number of rotatable bonds is 12. The van der Waals surface area contributed by atoms with Crippen molar-refractivity contribution in [3.63, 3.8) is 0 Å². The van der Waals surface area contributed by atoms with Crippen LogP contribution in [-0.2, 0) is 4.57 Å². The molecule has 106 valence electrons. The maximum absolute atomic E-state index is 11.8. The smallest absolute Gasteiger partial charge is 0.0883 e. The SMILES string of the molecule is CCCC=CC(C)CCC[P+](=O)CCCCCC. The van der Waals surface area contributed by atoms with Crippen molar-refractivity contribution in [2.45, 2.75) is 72.1 Å². The minimum absolute atomic E-state index is 0.653. The quantitative estimate of drug-likeness (QED) is 0.236. The molecular formula is C16H32OP+. The Labute approximate surface area is 115 Å². The molecule has 2 heteroatoms. The molecule has 0 radical (unpaired) electrons. The third-order valence-electron chi connectivity index (χ3n) is 3.25. The van der Waals surface area contributed by atoms with E-state index in [1.165, 1.54) is 38.5 Å². The number of hydrogen-bond acceptors (Lipinski definition) is 1. The van der Waals surface area contributed by atoms with Crippen molar-refractivity contribution < 1.29 is 4.57 Å². The minimum Gasteiger partial charge on any atom is -0.0883 e. The van der Waals surface area contributed by atoms with Gasteiger partial charge >= 0.3 is 7.80 Å². The fourth-order valence-electron chi connectivity index (χ4n) is 2.01. The van der Waals surface area contributed by atoms with Crippen LogP contribution in [0.15, 0.2) is 12.2 Å². The standard InChI is InChI=1S/C16H32OP/c1-4-6-8-10-14-18(17)15-11-13-16(3)12-9-7-5-2/h9,12,16H,4-8,10-11,13-15H2,1-3H3/q+1. The lowest BCUT2D eigenvalue weighted by Gasteiger charge is -2.02. The van der Waals surface area contributed by atoms with Gasteiger partial charge in [-0.1, -0.05) is 56.8 Å². The van der Waals surface area contributed by atoms with Crippen LogP contribution < -0.4 is 0 Å². The Balaban J connectivity index is 3.43. The Morgan fingerprint density at radius 1 is 1.00 bits per heavy atom. The van der Waals surface area contributed by atoms with Crippen molar-refractivity contribution in [2.24, 2.45) is 5.92 Å². The normalized spacial score (nSPS) is 14.1. The van der Waals surface area contributed by atoms with Crippen LogP contribution in [0.4, 0.5) is 0 Å². The molecule has 0 spiro atoms. The average Bonchev–Trinajstić information content (AvgIpc) is 2.35. The van der Waals surface area contributed by atoms with E-state index in [9.17, 15) is 4.57 Å². The molecule has 1 nitrogen and oxygen atoms in total. The first-order valence-corrected chi connectivity index (χ1v) is 9.42. The van der Waals surface area contributed by atoms with Gasteiger partial charge in [-0.3, -0.25) is 0 Å². The third-order valence-corrected chi connectivity index (χ3v) is 4.88. The van der Waals surface area contributed by atoms with Crippen molar-refractivity contribution in [1.82, 2.24) is 0 Å². The number of hydrogen-bond donors (Lipinski definition) is 0. The van der Waals surface area contributed by atoms with E-state index in [1.54, 1.807) is 0 Å². The van der Waals surface area contributed by atoms with Crippen LogP contribution in [0, 0.1) is 5.92 Å². The molecule has 0 saturated carbocycles. The molecule has 0 amide bonds. The van der Waals surface area contributed by atoms with Crippen LogP contribution in [0.2, 0.25) is 0 Å². The molecule has 0 aliphatic carbocycles. The first kappa shape index (κ1) is 17.8. The van der Waals surface area contributed by atoms with E-state index in [1.807, 2.05) is 0 Å². The van der Waals surface area contributed by atoms with Gasteiger partial charge < -0.3 is 0 Å². The summed E-state index contributed by atoms with van der Waals surface area (Å²) in [5.41, 5.74) is 0. The molecule has 0 saturated heterocycles. The maximum Gasteiger partial charge on any atom is 0.338 e. The molecule has 0 bridgehead atoms. The summed E-state index contributed by atoms with van der Waals surface area (Å²) in [7, 11) is -0.918. The molecule has 0 aromatic rings. The van der Waals surface area contributed by atoms with Crippen LogP contribution in [-0.4, -0.2) is 12.3 Å². The largest absolute Gasteiger partial charge is 0.338 e. The van der Waals surface area contributed by atoms with Crippen LogP contribution in [0.5, 0.6) is 0 Å². The Kier molecular flexibility index (Phi) is 13.2. The van der Waals surface area contributed by atoms with Crippen molar-refractivity contribution in [3.8, 4) is 0 Å². The first-order valence-electron chi connectivity index (χ1n) is 7.79. The van der Waals surface area contributed by atoms with E-state index in [0.29, 0.717) is 5.92 Å². The second kappa shape index (κ2) is 13.3. The second-order valence-electron chi connectivity index (χ2n) is 5.33. The second-order valence-corrected chi connectivity index (χ2v) is 7.18. The van der Waals surface area contributed by atoms with Crippen LogP contribution in [0.1, 0.15) is 72.1 Å². The Bertz CT molecular complexity index is 223. The molecule has 18 heavy (non-hydrogen) atoms. The van der Waals surface area contributed by atoms with Crippen LogP contribution >= 0.6 is 7.80 Å². The Morgan fingerprint density at radius 3 is 2.39 bits per heavy atom. The fraction of sp³-hybridized carbons (Fsp3) is 0.875. The zero-order valence-corrected chi connectivity index (χ0v) is 13.6. The summed E-state index contributed by atoms with van der Waals surface area (Å²) in [5.74, 6) is 0.653. The van der Waals surface area contributed by atoms with Crippen LogP contribution in [0.3, 0.4) is 0 Å². The van der Waals surface area contributed by atoms with Gasteiger partial charge in [-0.15, -0.1) is 0 Å². The summed E-state index contributed by atoms with van der Waals surface area (Å²) < 4.78 is 11.8. The summed E-state index contributed by atoms with van der Waals surface area (Å²) >= 11 is 0.